The summed E-state index contributed by atoms with van der Waals surface area (Å²) in [6.45, 7) is 0.906. The van der Waals surface area contributed by atoms with E-state index in [0.29, 0.717) is 18.0 Å². The van der Waals surface area contributed by atoms with Gasteiger partial charge >= 0.3 is 5.97 Å². The molecule has 2 amide bonds. The number of esters is 1. The molecule has 2 N–H and O–H groups in total. The topological polar surface area (TPSA) is 87.7 Å². The van der Waals surface area contributed by atoms with Gasteiger partial charge in [-0.1, -0.05) is 36.4 Å². The van der Waals surface area contributed by atoms with Crippen molar-refractivity contribution >= 4 is 46.5 Å². The minimum absolute atomic E-state index is 0.120. The van der Waals surface area contributed by atoms with Gasteiger partial charge in [-0.15, -0.1) is 11.3 Å². The minimum Gasteiger partial charge on any atom is -0.461 e. The van der Waals surface area contributed by atoms with E-state index in [9.17, 15) is 14.4 Å². The van der Waals surface area contributed by atoms with Gasteiger partial charge in [0.2, 0.25) is 5.91 Å². The molecule has 1 saturated heterocycles. The summed E-state index contributed by atoms with van der Waals surface area (Å²) in [7, 11) is 0. The first-order chi connectivity index (χ1) is 13.5. The zero-order valence-electron chi connectivity index (χ0n) is 14.9. The first kappa shape index (κ1) is 20.0. The average molecular weight is 418 g/mol. The Morgan fingerprint density at radius 2 is 2.04 bits per heavy atom. The molecule has 1 atom stereocenters. The number of carbonyl (C=O) groups is 3. The third-order valence-electron chi connectivity index (χ3n) is 4.16. The van der Waals surface area contributed by atoms with Crippen molar-refractivity contribution in [3.63, 3.8) is 0 Å². The quantitative estimate of drug-likeness (QED) is 0.569. The summed E-state index contributed by atoms with van der Waals surface area (Å²) in [5.41, 5.74) is 0.861. The highest BCUT2D eigenvalue weighted by atomic mass is 32.1. The van der Waals surface area contributed by atoms with E-state index in [4.69, 9.17) is 17.0 Å². The van der Waals surface area contributed by atoms with E-state index in [-0.39, 0.29) is 30.0 Å². The van der Waals surface area contributed by atoms with Crippen LogP contribution in [0.4, 0.5) is 0 Å². The maximum Gasteiger partial charge on any atom is 0.308 e. The largest absolute Gasteiger partial charge is 0.461 e. The van der Waals surface area contributed by atoms with Crippen molar-refractivity contribution < 1.29 is 19.1 Å². The van der Waals surface area contributed by atoms with Crippen molar-refractivity contribution in [1.29, 1.82) is 0 Å². The van der Waals surface area contributed by atoms with Gasteiger partial charge in [0.05, 0.1) is 11.3 Å². The molecule has 146 valence electrons. The van der Waals surface area contributed by atoms with Crippen molar-refractivity contribution in [3.05, 3.63) is 58.3 Å². The molecule has 1 aromatic heterocycles. The summed E-state index contributed by atoms with van der Waals surface area (Å²) >= 11 is 6.61. The van der Waals surface area contributed by atoms with Crippen molar-refractivity contribution in [2.24, 2.45) is 0 Å². The number of benzene rings is 1. The maximum absolute atomic E-state index is 12.3. The second-order valence-corrected chi connectivity index (χ2v) is 7.42. The number of thiophene rings is 1. The molecule has 0 bridgehead atoms. The van der Waals surface area contributed by atoms with Gasteiger partial charge in [-0.3, -0.25) is 19.7 Å². The molecule has 1 aromatic carbocycles. The van der Waals surface area contributed by atoms with Crippen LogP contribution >= 0.6 is 23.6 Å². The molecule has 0 aliphatic carbocycles. The van der Waals surface area contributed by atoms with Gasteiger partial charge in [0.15, 0.2) is 5.11 Å². The number of ether oxygens (including phenoxy) is 1. The molecule has 28 heavy (non-hydrogen) atoms. The third-order valence-corrected chi connectivity index (χ3v) is 5.36. The fourth-order valence-corrected chi connectivity index (χ4v) is 3.68. The van der Waals surface area contributed by atoms with Gasteiger partial charge in [0, 0.05) is 13.1 Å². The van der Waals surface area contributed by atoms with E-state index in [0.717, 1.165) is 5.56 Å². The Bertz CT molecular complexity index is 855. The van der Waals surface area contributed by atoms with E-state index in [2.05, 4.69) is 10.6 Å². The number of nitrogens with one attached hydrogen (secondary N) is 2. The standard InChI is InChI=1S/C19H19N3O4S2/c23-16(26-12-13-5-2-1-3-6-13)11-14-17(24)20-8-9-22(14)19(27)21-18(25)15-7-4-10-28-15/h1-7,10,14H,8-9,11-12H2,(H,20,24)(H,21,25,27). The Morgan fingerprint density at radius 3 is 2.75 bits per heavy atom. The van der Waals surface area contributed by atoms with Crippen molar-refractivity contribution in [2.45, 2.75) is 19.1 Å². The van der Waals surface area contributed by atoms with Crippen LogP contribution in [0.3, 0.4) is 0 Å². The van der Waals surface area contributed by atoms with E-state index in [1.807, 2.05) is 30.3 Å². The molecule has 3 rings (SSSR count). The SMILES string of the molecule is O=C(CC1C(=O)NCCN1C(=S)NC(=O)c1cccs1)OCc1ccccc1. The number of hydrogen-bond acceptors (Lipinski definition) is 6. The second kappa shape index (κ2) is 9.43. The fourth-order valence-electron chi connectivity index (χ4n) is 2.75. The molecule has 1 fully saturated rings. The first-order valence-corrected chi connectivity index (χ1v) is 9.96. The summed E-state index contributed by atoms with van der Waals surface area (Å²) in [5, 5.41) is 7.26. The zero-order chi connectivity index (χ0) is 19.9. The first-order valence-electron chi connectivity index (χ1n) is 8.67. The summed E-state index contributed by atoms with van der Waals surface area (Å²) < 4.78 is 5.27. The van der Waals surface area contributed by atoms with Gasteiger partial charge in [-0.25, -0.2) is 0 Å². The molecular formula is C19H19N3O4S2. The molecular weight excluding hydrogens is 398 g/mol. The molecule has 0 saturated carbocycles. The Morgan fingerprint density at radius 1 is 1.25 bits per heavy atom. The van der Waals surface area contributed by atoms with Crippen molar-refractivity contribution in [2.75, 3.05) is 13.1 Å². The van der Waals surface area contributed by atoms with Crippen LogP contribution in [-0.2, 0) is 20.9 Å². The zero-order valence-corrected chi connectivity index (χ0v) is 16.6. The smallest absolute Gasteiger partial charge is 0.308 e. The Balaban J connectivity index is 1.59. The van der Waals surface area contributed by atoms with Crippen LogP contribution in [0, 0.1) is 0 Å². The number of rotatable bonds is 5. The van der Waals surface area contributed by atoms with Gasteiger partial charge in [-0.05, 0) is 29.2 Å². The summed E-state index contributed by atoms with van der Waals surface area (Å²) in [5.74, 6) is -1.17. The van der Waals surface area contributed by atoms with Crippen LogP contribution in [-0.4, -0.2) is 46.9 Å². The summed E-state index contributed by atoms with van der Waals surface area (Å²) in [6.07, 6.45) is -0.159. The van der Waals surface area contributed by atoms with Gasteiger partial charge in [0.25, 0.3) is 5.91 Å². The highest BCUT2D eigenvalue weighted by molar-refractivity contribution is 7.80. The Hall–Kier alpha value is -2.78. The Labute approximate surface area is 171 Å². The Kier molecular flexibility index (Phi) is 6.72. The van der Waals surface area contributed by atoms with Crippen LogP contribution in [0.25, 0.3) is 0 Å². The lowest BCUT2D eigenvalue weighted by molar-refractivity contribution is -0.148. The highest BCUT2D eigenvalue weighted by Gasteiger charge is 2.34. The van der Waals surface area contributed by atoms with Gasteiger partial charge < -0.3 is 15.0 Å². The lowest BCUT2D eigenvalue weighted by atomic mass is 10.1. The molecule has 2 aromatic rings. The molecule has 1 unspecified atom stereocenters. The van der Waals surface area contributed by atoms with Crippen LogP contribution in [0.2, 0.25) is 0 Å². The molecule has 9 heteroatoms. The van der Waals surface area contributed by atoms with Crippen LogP contribution in [0.15, 0.2) is 47.8 Å². The van der Waals surface area contributed by atoms with E-state index < -0.39 is 12.0 Å². The van der Waals surface area contributed by atoms with Gasteiger partial charge in [0.1, 0.15) is 12.6 Å². The van der Waals surface area contributed by atoms with Crippen molar-refractivity contribution in [1.82, 2.24) is 15.5 Å². The predicted molar refractivity (Wildman–Crippen MR) is 109 cm³/mol. The monoisotopic (exact) mass is 417 g/mol. The molecule has 2 heterocycles. The molecule has 0 radical (unpaired) electrons. The van der Waals surface area contributed by atoms with Crippen LogP contribution < -0.4 is 10.6 Å². The summed E-state index contributed by atoms with van der Waals surface area (Å²) in [4.78, 5) is 38.8. The third kappa shape index (κ3) is 5.14. The number of carbonyl (C=O) groups excluding carboxylic acids is 3. The molecule has 1 aliphatic rings. The number of nitrogens with zero attached hydrogens (tertiary/aromatic N) is 1. The lowest BCUT2D eigenvalue weighted by Gasteiger charge is -2.36. The predicted octanol–water partition coefficient (Wildman–Crippen LogP) is 1.70. The molecule has 7 nitrogen and oxygen atoms in total. The number of amides is 2. The van der Waals surface area contributed by atoms with Crippen molar-refractivity contribution in [3.8, 4) is 0 Å². The van der Waals surface area contributed by atoms with E-state index in [1.54, 1.807) is 22.4 Å². The molecule has 1 aliphatic heterocycles. The number of thiocarbonyl (C=S) groups is 1. The number of hydrogen-bond donors (Lipinski definition) is 2. The molecule has 0 spiro atoms. The fraction of sp³-hybridized carbons (Fsp3) is 0.263. The van der Waals surface area contributed by atoms with Gasteiger partial charge in [-0.2, -0.15) is 0 Å². The normalized spacial score (nSPS) is 16.2. The van der Waals surface area contributed by atoms with Crippen LogP contribution in [0.1, 0.15) is 21.7 Å². The average Bonchev–Trinajstić information content (AvgIpc) is 3.23. The maximum atomic E-state index is 12.3. The van der Waals surface area contributed by atoms with E-state index >= 15 is 0 Å². The number of piperazine rings is 1. The van der Waals surface area contributed by atoms with Crippen LogP contribution in [0.5, 0.6) is 0 Å². The highest BCUT2D eigenvalue weighted by Crippen LogP contribution is 2.13. The minimum atomic E-state index is -0.826. The van der Waals surface area contributed by atoms with E-state index in [1.165, 1.54) is 11.3 Å². The lowest BCUT2D eigenvalue weighted by Crippen LogP contribution is -2.60. The second-order valence-electron chi connectivity index (χ2n) is 6.09. The summed E-state index contributed by atoms with van der Waals surface area (Å²) in [6, 6.07) is 11.9.